The molecule has 1 atom stereocenters. The van der Waals surface area contributed by atoms with Crippen molar-refractivity contribution in [3.8, 4) is 0 Å². The Morgan fingerprint density at radius 3 is 2.24 bits per heavy atom. The molecular weight excluding hydrogens is 206 g/mol. The van der Waals surface area contributed by atoms with Gasteiger partial charge >= 0.3 is 0 Å². The van der Waals surface area contributed by atoms with E-state index in [0.717, 1.165) is 6.54 Å². The number of nitrogens with one attached hydrogen (secondary N) is 1. The van der Waals surface area contributed by atoms with Crippen LogP contribution in [0.1, 0.15) is 52.7 Å². The molecule has 0 aliphatic carbocycles. The summed E-state index contributed by atoms with van der Waals surface area (Å²) >= 11 is 0. The van der Waals surface area contributed by atoms with E-state index in [1.54, 1.807) is 0 Å². The topological polar surface area (TPSA) is 12.0 Å². The van der Waals surface area contributed by atoms with Crippen LogP contribution in [0.3, 0.4) is 0 Å². The molecule has 0 saturated carbocycles. The number of aryl methyl sites for hydroxylation is 1. The highest BCUT2D eigenvalue weighted by molar-refractivity contribution is 5.22. The second-order valence-electron chi connectivity index (χ2n) is 5.46. The summed E-state index contributed by atoms with van der Waals surface area (Å²) in [5, 5.41) is 3.57. The van der Waals surface area contributed by atoms with Crippen molar-refractivity contribution in [3.05, 3.63) is 35.4 Å². The van der Waals surface area contributed by atoms with Crippen LogP contribution in [-0.2, 0) is 6.54 Å². The van der Waals surface area contributed by atoms with Gasteiger partial charge in [-0.3, -0.25) is 0 Å². The number of rotatable bonds is 3. The van der Waals surface area contributed by atoms with Gasteiger partial charge in [-0.25, -0.2) is 0 Å². The van der Waals surface area contributed by atoms with Crippen molar-refractivity contribution in [2.45, 2.75) is 61.1 Å². The highest BCUT2D eigenvalue weighted by Crippen LogP contribution is 2.18. The summed E-state index contributed by atoms with van der Waals surface area (Å²) in [6.07, 6.45) is 0. The average molecular weight is 235 g/mol. The van der Waals surface area contributed by atoms with E-state index in [4.69, 9.17) is 0 Å². The summed E-state index contributed by atoms with van der Waals surface area (Å²) in [6, 6.07) is 9.20. The van der Waals surface area contributed by atoms with E-state index in [1.807, 2.05) is 13.8 Å². The molecule has 0 amide bonds. The summed E-state index contributed by atoms with van der Waals surface area (Å²) in [5.74, 6) is 0. The zero-order chi connectivity index (χ0) is 13.5. The third-order valence-corrected chi connectivity index (χ3v) is 2.99. The molecule has 1 aromatic rings. The molecule has 0 aliphatic rings. The van der Waals surface area contributed by atoms with Gasteiger partial charge in [-0.1, -0.05) is 64.4 Å². The summed E-state index contributed by atoms with van der Waals surface area (Å²) in [4.78, 5) is 0. The average Bonchev–Trinajstić information content (AvgIpc) is 2.27. The van der Waals surface area contributed by atoms with E-state index in [0.29, 0.717) is 11.5 Å². The maximum Gasteiger partial charge on any atom is 0.0208 e. The lowest BCUT2D eigenvalue weighted by Crippen LogP contribution is -2.37. The van der Waals surface area contributed by atoms with Crippen molar-refractivity contribution in [1.29, 1.82) is 0 Å². The molecule has 0 unspecified atom stereocenters. The molecule has 0 heterocycles. The Morgan fingerprint density at radius 1 is 1.18 bits per heavy atom. The van der Waals surface area contributed by atoms with E-state index in [2.05, 4.69) is 64.2 Å². The van der Waals surface area contributed by atoms with Crippen molar-refractivity contribution in [3.63, 3.8) is 0 Å². The maximum atomic E-state index is 3.57. The minimum atomic E-state index is 0.323. The minimum absolute atomic E-state index is 0.323. The first-order chi connectivity index (χ1) is 7.89. The predicted octanol–water partition coefficient (Wildman–Crippen LogP) is 4.55. The molecule has 1 aromatic carbocycles. The van der Waals surface area contributed by atoms with Crippen LogP contribution < -0.4 is 5.32 Å². The Hall–Kier alpha value is -0.820. The first-order valence-electron chi connectivity index (χ1n) is 6.68. The van der Waals surface area contributed by atoms with Crippen LogP contribution in [0.2, 0.25) is 0 Å². The van der Waals surface area contributed by atoms with Gasteiger partial charge in [0.05, 0.1) is 0 Å². The summed E-state index contributed by atoms with van der Waals surface area (Å²) in [7, 11) is 0. The molecule has 0 saturated heterocycles. The van der Waals surface area contributed by atoms with Crippen molar-refractivity contribution in [2.24, 2.45) is 5.41 Å². The van der Waals surface area contributed by atoms with Gasteiger partial charge in [-0.2, -0.15) is 0 Å². The molecule has 1 rings (SSSR count). The van der Waals surface area contributed by atoms with Crippen LogP contribution in [-0.4, -0.2) is 6.04 Å². The zero-order valence-corrected chi connectivity index (χ0v) is 12.6. The van der Waals surface area contributed by atoms with E-state index in [1.165, 1.54) is 11.1 Å². The molecule has 0 fully saturated rings. The fraction of sp³-hybridized carbons (Fsp3) is 0.625. The van der Waals surface area contributed by atoms with E-state index in [9.17, 15) is 0 Å². The van der Waals surface area contributed by atoms with Gasteiger partial charge in [0, 0.05) is 12.6 Å². The van der Waals surface area contributed by atoms with Gasteiger partial charge < -0.3 is 5.32 Å². The Bertz CT molecular complexity index is 310. The summed E-state index contributed by atoms with van der Waals surface area (Å²) in [5.41, 5.74) is 3.02. The Balaban J connectivity index is 0.00000121. The largest absolute Gasteiger partial charge is 0.310 e. The maximum absolute atomic E-state index is 3.57. The van der Waals surface area contributed by atoms with Crippen LogP contribution in [0.4, 0.5) is 0 Å². The molecule has 0 spiro atoms. The second kappa shape index (κ2) is 7.50. The van der Waals surface area contributed by atoms with E-state index in [-0.39, 0.29) is 0 Å². The van der Waals surface area contributed by atoms with Crippen molar-refractivity contribution in [1.82, 2.24) is 5.32 Å². The lowest BCUT2D eigenvalue weighted by Gasteiger charge is -2.28. The molecule has 17 heavy (non-hydrogen) atoms. The van der Waals surface area contributed by atoms with Crippen LogP contribution in [0.5, 0.6) is 0 Å². The number of hydrogen-bond donors (Lipinski definition) is 1. The van der Waals surface area contributed by atoms with E-state index < -0.39 is 0 Å². The second-order valence-corrected chi connectivity index (χ2v) is 5.46. The van der Waals surface area contributed by atoms with Crippen LogP contribution in [0, 0.1) is 12.3 Å². The molecule has 1 nitrogen and oxygen atoms in total. The molecule has 1 heteroatoms. The number of hydrogen-bond acceptors (Lipinski definition) is 1. The monoisotopic (exact) mass is 235 g/mol. The van der Waals surface area contributed by atoms with Gasteiger partial charge in [-0.15, -0.1) is 0 Å². The van der Waals surface area contributed by atoms with Crippen molar-refractivity contribution >= 4 is 0 Å². The smallest absolute Gasteiger partial charge is 0.0208 e. The summed E-state index contributed by atoms with van der Waals surface area (Å²) in [6.45, 7) is 16.1. The molecule has 0 radical (unpaired) electrons. The zero-order valence-electron chi connectivity index (χ0n) is 12.6. The molecular formula is C16H29N. The Morgan fingerprint density at radius 2 is 1.76 bits per heavy atom. The fourth-order valence-corrected chi connectivity index (χ4v) is 1.40. The lowest BCUT2D eigenvalue weighted by atomic mass is 9.88. The van der Waals surface area contributed by atoms with Gasteiger partial charge in [0.15, 0.2) is 0 Å². The standard InChI is InChI=1S/C14H23N.C2H6/c1-11-7-6-8-13(9-11)10-15-12(2)14(3,4)5;1-2/h6-9,12,15H,10H2,1-5H3;1-2H3/t12-;/m1./s1. The molecule has 1 N–H and O–H groups in total. The first-order valence-corrected chi connectivity index (χ1v) is 6.68. The van der Waals surface area contributed by atoms with E-state index >= 15 is 0 Å². The molecule has 0 bridgehead atoms. The molecule has 0 aromatic heterocycles. The Labute approximate surface area is 108 Å². The highest BCUT2D eigenvalue weighted by atomic mass is 14.9. The van der Waals surface area contributed by atoms with Crippen LogP contribution in [0.15, 0.2) is 24.3 Å². The van der Waals surface area contributed by atoms with Crippen LogP contribution >= 0.6 is 0 Å². The normalized spacial score (nSPS) is 12.6. The first kappa shape index (κ1) is 16.2. The SMILES string of the molecule is CC.Cc1cccc(CN[C@H](C)C(C)(C)C)c1. The van der Waals surface area contributed by atoms with Crippen molar-refractivity contribution < 1.29 is 0 Å². The Kier molecular flexibility index (Phi) is 7.13. The predicted molar refractivity (Wildman–Crippen MR) is 78.3 cm³/mol. The highest BCUT2D eigenvalue weighted by Gasteiger charge is 2.18. The third kappa shape index (κ3) is 6.48. The summed E-state index contributed by atoms with van der Waals surface area (Å²) < 4.78 is 0. The van der Waals surface area contributed by atoms with Gasteiger partial charge in [0.2, 0.25) is 0 Å². The van der Waals surface area contributed by atoms with Crippen molar-refractivity contribution in [2.75, 3.05) is 0 Å². The lowest BCUT2D eigenvalue weighted by molar-refractivity contribution is 0.285. The van der Waals surface area contributed by atoms with Gasteiger partial charge in [-0.05, 0) is 24.8 Å². The number of benzene rings is 1. The van der Waals surface area contributed by atoms with Crippen LogP contribution in [0.25, 0.3) is 0 Å². The third-order valence-electron chi connectivity index (χ3n) is 2.99. The fourth-order valence-electron chi connectivity index (χ4n) is 1.40. The molecule has 98 valence electrons. The van der Waals surface area contributed by atoms with Gasteiger partial charge in [0.1, 0.15) is 0 Å². The quantitative estimate of drug-likeness (QED) is 0.810. The minimum Gasteiger partial charge on any atom is -0.310 e. The molecule has 0 aliphatic heterocycles. The van der Waals surface area contributed by atoms with Gasteiger partial charge in [0.25, 0.3) is 0 Å².